The molecule has 0 spiro atoms. The first-order valence-electron chi connectivity index (χ1n) is 5.76. The maximum absolute atomic E-state index is 11.3. The molecule has 2 aromatic carbocycles. The topological polar surface area (TPSA) is 63.3 Å². The number of carboxylic acid groups (broad SMARTS) is 1. The normalized spacial score (nSPS) is 10.3. The first-order chi connectivity index (χ1) is 8.65. The van der Waals surface area contributed by atoms with Gasteiger partial charge in [0.2, 0.25) is 0 Å². The molecule has 2 rings (SSSR count). The van der Waals surface area contributed by atoms with E-state index in [4.69, 9.17) is 5.73 Å². The lowest BCUT2D eigenvalue weighted by Gasteiger charge is -2.13. The molecule has 3 nitrogen and oxygen atoms in total. The standard InChI is InChI=1S/C15H15NO2/c1-10-5-2-3-7-12(10)14-11(9-16)6-4-8-13(14)15(17)18/h2-8H,9,16H2,1H3,(H,17,18). The van der Waals surface area contributed by atoms with E-state index in [9.17, 15) is 9.90 Å². The van der Waals surface area contributed by atoms with Gasteiger partial charge in [-0.1, -0.05) is 36.4 Å². The predicted molar refractivity (Wildman–Crippen MR) is 71.5 cm³/mol. The van der Waals surface area contributed by atoms with Crippen molar-refractivity contribution in [1.29, 1.82) is 0 Å². The Morgan fingerprint density at radius 1 is 1.17 bits per heavy atom. The van der Waals surface area contributed by atoms with Crippen LogP contribution in [0.5, 0.6) is 0 Å². The number of hydrogen-bond donors (Lipinski definition) is 2. The van der Waals surface area contributed by atoms with Crippen molar-refractivity contribution in [3.05, 3.63) is 59.2 Å². The summed E-state index contributed by atoms with van der Waals surface area (Å²) in [5.41, 5.74) is 9.56. The number of carboxylic acids is 1. The Kier molecular flexibility index (Phi) is 3.44. The van der Waals surface area contributed by atoms with E-state index < -0.39 is 5.97 Å². The van der Waals surface area contributed by atoms with E-state index in [1.807, 2.05) is 37.3 Å². The molecule has 92 valence electrons. The third kappa shape index (κ3) is 2.13. The van der Waals surface area contributed by atoms with Crippen LogP contribution in [0, 0.1) is 6.92 Å². The van der Waals surface area contributed by atoms with E-state index in [1.54, 1.807) is 12.1 Å². The maximum atomic E-state index is 11.3. The Morgan fingerprint density at radius 3 is 2.50 bits per heavy atom. The zero-order chi connectivity index (χ0) is 13.1. The van der Waals surface area contributed by atoms with Gasteiger partial charge in [0.15, 0.2) is 0 Å². The summed E-state index contributed by atoms with van der Waals surface area (Å²) in [7, 11) is 0. The Hall–Kier alpha value is -2.13. The van der Waals surface area contributed by atoms with Crippen LogP contribution in [0.2, 0.25) is 0 Å². The molecule has 0 radical (unpaired) electrons. The van der Waals surface area contributed by atoms with Gasteiger partial charge in [0.05, 0.1) is 5.56 Å². The molecule has 0 bridgehead atoms. The van der Waals surface area contributed by atoms with Crippen LogP contribution in [0.1, 0.15) is 21.5 Å². The molecule has 0 aliphatic rings. The fraction of sp³-hybridized carbons (Fsp3) is 0.133. The van der Waals surface area contributed by atoms with Crippen molar-refractivity contribution in [2.45, 2.75) is 13.5 Å². The molecule has 0 aliphatic heterocycles. The third-order valence-electron chi connectivity index (χ3n) is 3.02. The molecule has 0 fully saturated rings. The van der Waals surface area contributed by atoms with E-state index in [-0.39, 0.29) is 0 Å². The highest BCUT2D eigenvalue weighted by Crippen LogP contribution is 2.30. The van der Waals surface area contributed by atoms with E-state index in [0.29, 0.717) is 12.1 Å². The van der Waals surface area contributed by atoms with Gasteiger partial charge in [-0.3, -0.25) is 0 Å². The molecule has 18 heavy (non-hydrogen) atoms. The summed E-state index contributed by atoms with van der Waals surface area (Å²) in [6, 6.07) is 12.9. The van der Waals surface area contributed by atoms with Crippen LogP contribution in [0.15, 0.2) is 42.5 Å². The Bertz CT molecular complexity index is 591. The Morgan fingerprint density at radius 2 is 1.89 bits per heavy atom. The SMILES string of the molecule is Cc1ccccc1-c1c(CN)cccc1C(=O)O. The Labute approximate surface area is 106 Å². The highest BCUT2D eigenvalue weighted by atomic mass is 16.4. The van der Waals surface area contributed by atoms with Crippen molar-refractivity contribution in [3.8, 4) is 11.1 Å². The van der Waals surface area contributed by atoms with Gasteiger partial charge in [0.1, 0.15) is 0 Å². The fourth-order valence-corrected chi connectivity index (χ4v) is 2.12. The number of nitrogens with two attached hydrogens (primary N) is 1. The highest BCUT2D eigenvalue weighted by molar-refractivity contribution is 5.97. The van der Waals surface area contributed by atoms with Crippen molar-refractivity contribution < 1.29 is 9.90 Å². The smallest absolute Gasteiger partial charge is 0.336 e. The molecular weight excluding hydrogens is 226 g/mol. The van der Waals surface area contributed by atoms with Crippen LogP contribution in [0.3, 0.4) is 0 Å². The van der Waals surface area contributed by atoms with E-state index >= 15 is 0 Å². The van der Waals surface area contributed by atoms with Crippen molar-refractivity contribution in [2.75, 3.05) is 0 Å². The minimum atomic E-state index is -0.927. The monoisotopic (exact) mass is 241 g/mol. The lowest BCUT2D eigenvalue weighted by atomic mass is 9.91. The second-order valence-electron chi connectivity index (χ2n) is 4.16. The maximum Gasteiger partial charge on any atom is 0.336 e. The number of carbonyl (C=O) groups is 1. The predicted octanol–water partition coefficient (Wildman–Crippen LogP) is 2.82. The molecule has 0 unspecified atom stereocenters. The summed E-state index contributed by atoms with van der Waals surface area (Å²) in [5.74, 6) is -0.927. The second kappa shape index (κ2) is 5.02. The van der Waals surface area contributed by atoms with Crippen LogP contribution in [-0.4, -0.2) is 11.1 Å². The van der Waals surface area contributed by atoms with Gasteiger partial charge in [0, 0.05) is 12.1 Å². The van der Waals surface area contributed by atoms with Crippen molar-refractivity contribution in [3.63, 3.8) is 0 Å². The number of benzene rings is 2. The van der Waals surface area contributed by atoms with Gasteiger partial charge in [-0.05, 0) is 29.7 Å². The van der Waals surface area contributed by atoms with Gasteiger partial charge in [-0.2, -0.15) is 0 Å². The minimum Gasteiger partial charge on any atom is -0.478 e. The molecule has 0 saturated heterocycles. The van der Waals surface area contributed by atoms with Crippen LogP contribution in [-0.2, 0) is 6.54 Å². The molecule has 3 N–H and O–H groups in total. The summed E-state index contributed by atoms with van der Waals surface area (Å²) in [4.78, 5) is 11.3. The van der Waals surface area contributed by atoms with Crippen LogP contribution in [0.4, 0.5) is 0 Å². The van der Waals surface area contributed by atoms with Crippen LogP contribution < -0.4 is 5.73 Å². The molecule has 0 aliphatic carbocycles. The molecular formula is C15H15NO2. The van der Waals surface area contributed by atoms with Crippen LogP contribution in [0.25, 0.3) is 11.1 Å². The van der Waals surface area contributed by atoms with Gasteiger partial charge in [-0.15, -0.1) is 0 Å². The van der Waals surface area contributed by atoms with Crippen LogP contribution >= 0.6 is 0 Å². The summed E-state index contributed by atoms with van der Waals surface area (Å²) in [5, 5.41) is 9.30. The summed E-state index contributed by atoms with van der Waals surface area (Å²) in [6.07, 6.45) is 0. The number of aryl methyl sites for hydroxylation is 1. The lowest BCUT2D eigenvalue weighted by molar-refractivity contribution is 0.0697. The zero-order valence-corrected chi connectivity index (χ0v) is 10.2. The Balaban J connectivity index is 2.76. The summed E-state index contributed by atoms with van der Waals surface area (Å²) >= 11 is 0. The number of rotatable bonds is 3. The number of aromatic carboxylic acids is 1. The molecule has 0 saturated carbocycles. The van der Waals surface area contributed by atoms with Gasteiger partial charge < -0.3 is 10.8 Å². The van der Waals surface area contributed by atoms with E-state index in [0.717, 1.165) is 22.3 Å². The third-order valence-corrected chi connectivity index (χ3v) is 3.02. The highest BCUT2D eigenvalue weighted by Gasteiger charge is 2.15. The zero-order valence-electron chi connectivity index (χ0n) is 10.2. The largest absolute Gasteiger partial charge is 0.478 e. The summed E-state index contributed by atoms with van der Waals surface area (Å²) in [6.45, 7) is 2.29. The van der Waals surface area contributed by atoms with Crippen molar-refractivity contribution >= 4 is 5.97 Å². The van der Waals surface area contributed by atoms with Gasteiger partial charge >= 0.3 is 5.97 Å². The molecule has 0 atom stereocenters. The average Bonchev–Trinajstić information content (AvgIpc) is 2.38. The first kappa shape index (κ1) is 12.3. The van der Waals surface area contributed by atoms with E-state index in [2.05, 4.69) is 0 Å². The van der Waals surface area contributed by atoms with Gasteiger partial charge in [-0.25, -0.2) is 4.79 Å². The molecule has 0 amide bonds. The average molecular weight is 241 g/mol. The lowest BCUT2D eigenvalue weighted by Crippen LogP contribution is -2.06. The fourth-order valence-electron chi connectivity index (χ4n) is 2.12. The first-order valence-corrected chi connectivity index (χ1v) is 5.76. The van der Waals surface area contributed by atoms with Crippen molar-refractivity contribution in [1.82, 2.24) is 0 Å². The molecule has 3 heteroatoms. The van der Waals surface area contributed by atoms with Crippen molar-refractivity contribution in [2.24, 2.45) is 5.73 Å². The molecule has 2 aromatic rings. The molecule has 0 aromatic heterocycles. The van der Waals surface area contributed by atoms with Gasteiger partial charge in [0.25, 0.3) is 0 Å². The summed E-state index contributed by atoms with van der Waals surface area (Å²) < 4.78 is 0. The quantitative estimate of drug-likeness (QED) is 0.868. The molecule has 0 heterocycles. The minimum absolute atomic E-state index is 0.298. The van der Waals surface area contributed by atoms with E-state index in [1.165, 1.54) is 0 Å². The second-order valence-corrected chi connectivity index (χ2v) is 4.16. The number of hydrogen-bond acceptors (Lipinski definition) is 2.